The van der Waals surface area contributed by atoms with Gasteiger partial charge in [-0.1, -0.05) is 39.8 Å². The molecule has 8 atom stereocenters. The lowest BCUT2D eigenvalue weighted by atomic mass is 9.44. The zero-order chi connectivity index (χ0) is 19.6. The Balaban J connectivity index is 0.000000728. The second-order valence-electron chi connectivity index (χ2n) is 9.94. The van der Waals surface area contributed by atoms with Crippen molar-refractivity contribution in [3.05, 3.63) is 23.8 Å². The summed E-state index contributed by atoms with van der Waals surface area (Å²) in [6, 6.07) is 0. The maximum atomic E-state index is 12.1. The summed E-state index contributed by atoms with van der Waals surface area (Å²) in [6.45, 7) is 13.3. The van der Waals surface area contributed by atoms with E-state index in [0.717, 1.165) is 55.3 Å². The van der Waals surface area contributed by atoms with Crippen molar-refractivity contribution in [2.45, 2.75) is 72.6 Å². The molecule has 0 aliphatic heterocycles. The molecule has 0 radical (unpaired) electrons. The molecule has 2 heteroatoms. The number of allylic oxidation sites excluding steroid dienone is 2. The first-order valence-electron chi connectivity index (χ1n) is 11.4. The van der Waals surface area contributed by atoms with E-state index in [1.54, 1.807) is 6.21 Å². The molecule has 0 unspecified atom stereocenters. The number of ketones is 1. The van der Waals surface area contributed by atoms with Crippen LogP contribution in [0.1, 0.15) is 74.1 Å². The lowest BCUT2D eigenvalue weighted by Gasteiger charge is -2.60. The quantitative estimate of drug-likeness (QED) is 0.557. The highest BCUT2D eigenvalue weighted by Crippen LogP contribution is 2.75. The smallest absolute Gasteiger partial charge is 0.156 e. The van der Waals surface area contributed by atoms with Gasteiger partial charge < -0.3 is 5.41 Å². The number of hydrogen-bond acceptors (Lipinski definition) is 2. The molecule has 5 aliphatic rings. The van der Waals surface area contributed by atoms with Crippen LogP contribution in [0.15, 0.2) is 23.8 Å². The van der Waals surface area contributed by atoms with E-state index in [9.17, 15) is 4.79 Å². The van der Waals surface area contributed by atoms with Gasteiger partial charge in [0.05, 0.1) is 0 Å². The molecule has 0 spiro atoms. The molecule has 0 amide bonds. The third-order valence-corrected chi connectivity index (χ3v) is 9.35. The molecule has 1 N–H and O–H groups in total. The Morgan fingerprint density at radius 2 is 2.04 bits per heavy atom. The Hall–Kier alpha value is -1.18. The van der Waals surface area contributed by atoms with Crippen LogP contribution >= 0.6 is 0 Å². The summed E-state index contributed by atoms with van der Waals surface area (Å²) in [7, 11) is 0. The summed E-state index contributed by atoms with van der Waals surface area (Å²) in [5, 5.41) is 8.03. The molecule has 2 nitrogen and oxygen atoms in total. The van der Waals surface area contributed by atoms with E-state index in [1.165, 1.54) is 30.4 Å². The van der Waals surface area contributed by atoms with Crippen LogP contribution in [-0.2, 0) is 4.79 Å². The molecule has 0 bridgehead atoms. The molecule has 5 rings (SSSR count). The van der Waals surface area contributed by atoms with Gasteiger partial charge in [0.2, 0.25) is 0 Å². The molecular formula is C25H39NO. The van der Waals surface area contributed by atoms with Gasteiger partial charge in [0.25, 0.3) is 0 Å². The predicted molar refractivity (Wildman–Crippen MR) is 114 cm³/mol. The van der Waals surface area contributed by atoms with Gasteiger partial charge in [0.15, 0.2) is 5.78 Å². The highest BCUT2D eigenvalue weighted by molar-refractivity contribution is 5.92. The van der Waals surface area contributed by atoms with Crippen LogP contribution in [0.5, 0.6) is 0 Å². The van der Waals surface area contributed by atoms with Gasteiger partial charge in [-0.3, -0.25) is 4.79 Å². The number of rotatable bonds is 2. The highest BCUT2D eigenvalue weighted by atomic mass is 16.1. The molecule has 5 aliphatic carbocycles. The number of carbonyl (C=O) groups excluding carboxylic acids is 1. The van der Waals surface area contributed by atoms with Gasteiger partial charge in [0, 0.05) is 13.8 Å². The summed E-state index contributed by atoms with van der Waals surface area (Å²) in [4.78, 5) is 12.1. The molecule has 150 valence electrons. The van der Waals surface area contributed by atoms with E-state index in [4.69, 9.17) is 5.41 Å². The van der Waals surface area contributed by atoms with Gasteiger partial charge in [-0.25, -0.2) is 0 Å². The SMILES string of the molecule is C=C1C[C@H]2[C@@H]3[C@@H]4C[C@@H]4[C@H](C=N)[C@@]3(C)CC[C@@H]2[C@@]2(CC)CCC(=O)C=C12.CC.[HH]. The van der Waals surface area contributed by atoms with Crippen molar-refractivity contribution in [2.75, 3.05) is 0 Å². The van der Waals surface area contributed by atoms with Crippen molar-refractivity contribution in [3.8, 4) is 0 Å². The van der Waals surface area contributed by atoms with Crippen LogP contribution < -0.4 is 0 Å². The molecule has 27 heavy (non-hydrogen) atoms. The highest BCUT2D eigenvalue weighted by Gasteiger charge is 2.70. The molecular weight excluding hydrogens is 330 g/mol. The minimum absolute atomic E-state index is 0. The van der Waals surface area contributed by atoms with E-state index < -0.39 is 0 Å². The van der Waals surface area contributed by atoms with E-state index in [2.05, 4.69) is 20.4 Å². The van der Waals surface area contributed by atoms with Gasteiger partial charge in [-0.2, -0.15) is 0 Å². The minimum atomic E-state index is 0. The summed E-state index contributed by atoms with van der Waals surface area (Å²) < 4.78 is 0. The van der Waals surface area contributed by atoms with E-state index in [0.29, 0.717) is 17.1 Å². The van der Waals surface area contributed by atoms with Gasteiger partial charge in [0.1, 0.15) is 0 Å². The molecule has 0 heterocycles. The normalized spacial score (nSPS) is 49.6. The Kier molecular flexibility index (Phi) is 4.56. The van der Waals surface area contributed by atoms with Crippen LogP contribution in [0.2, 0.25) is 0 Å². The fourth-order valence-electron chi connectivity index (χ4n) is 8.32. The zero-order valence-corrected chi connectivity index (χ0v) is 17.7. The Bertz CT molecular complexity index is 711. The van der Waals surface area contributed by atoms with Crippen molar-refractivity contribution in [1.82, 2.24) is 0 Å². The first-order valence-corrected chi connectivity index (χ1v) is 11.4. The Labute approximate surface area is 166 Å². The predicted octanol–water partition coefficient (Wildman–Crippen LogP) is 6.47. The standard InChI is InChI=1S/C23H31NO.C2H6.H2/c1-4-23-8-5-14(25)10-19(23)13(2)9-17-18(23)6-7-22(3)20(12-24)15-11-16(15)21(17)22;1-2;/h10,12,15-18,20-21,24H,2,4-9,11H2,1,3H3;1-2H3;1H/t15-,16+,17+,18-,20-,21-,22+,23+;;/m0../s1. The van der Waals surface area contributed by atoms with Crippen molar-refractivity contribution in [1.29, 1.82) is 5.41 Å². The monoisotopic (exact) mass is 369 g/mol. The van der Waals surface area contributed by atoms with Gasteiger partial charge >= 0.3 is 0 Å². The third-order valence-electron chi connectivity index (χ3n) is 9.35. The largest absolute Gasteiger partial charge is 0.313 e. The fourth-order valence-corrected chi connectivity index (χ4v) is 8.32. The van der Waals surface area contributed by atoms with E-state index in [1.807, 2.05) is 19.9 Å². The van der Waals surface area contributed by atoms with Crippen LogP contribution in [0.25, 0.3) is 0 Å². The first-order chi connectivity index (χ1) is 13.0. The molecule has 0 aromatic carbocycles. The molecule has 0 aromatic heterocycles. The summed E-state index contributed by atoms with van der Waals surface area (Å²) in [5.41, 5.74) is 3.14. The summed E-state index contributed by atoms with van der Waals surface area (Å²) >= 11 is 0. The Morgan fingerprint density at radius 3 is 2.70 bits per heavy atom. The zero-order valence-electron chi connectivity index (χ0n) is 17.7. The average molecular weight is 370 g/mol. The first kappa shape index (κ1) is 19.2. The number of fused-ring (bicyclic) bond motifs is 7. The topological polar surface area (TPSA) is 40.9 Å². The molecule has 4 saturated carbocycles. The summed E-state index contributed by atoms with van der Waals surface area (Å²) in [6.07, 6.45) is 11.7. The van der Waals surface area contributed by atoms with Crippen molar-refractivity contribution in [3.63, 3.8) is 0 Å². The van der Waals surface area contributed by atoms with Crippen molar-refractivity contribution < 1.29 is 6.22 Å². The second-order valence-corrected chi connectivity index (χ2v) is 9.94. The lowest BCUT2D eigenvalue weighted by molar-refractivity contribution is -0.117. The Morgan fingerprint density at radius 1 is 1.30 bits per heavy atom. The van der Waals surface area contributed by atoms with E-state index >= 15 is 0 Å². The average Bonchev–Trinajstić information content (AvgIpc) is 3.38. The number of carbonyl (C=O) groups is 1. The maximum absolute atomic E-state index is 12.1. The lowest BCUT2D eigenvalue weighted by Crippen LogP contribution is -2.53. The summed E-state index contributed by atoms with van der Waals surface area (Å²) in [5.74, 6) is 4.72. The van der Waals surface area contributed by atoms with Crippen LogP contribution in [0, 0.1) is 51.7 Å². The number of hydrogen-bond donors (Lipinski definition) is 1. The second kappa shape index (κ2) is 6.42. The minimum Gasteiger partial charge on any atom is -0.313 e. The van der Waals surface area contributed by atoms with Crippen LogP contribution in [-0.4, -0.2) is 12.0 Å². The van der Waals surface area contributed by atoms with Gasteiger partial charge in [-0.05, 0) is 96.8 Å². The van der Waals surface area contributed by atoms with Crippen molar-refractivity contribution in [2.24, 2.45) is 46.3 Å². The van der Waals surface area contributed by atoms with Crippen LogP contribution in [0.3, 0.4) is 0 Å². The fraction of sp³-hybridized carbons (Fsp3) is 0.760. The van der Waals surface area contributed by atoms with Crippen LogP contribution in [0.4, 0.5) is 0 Å². The van der Waals surface area contributed by atoms with Crippen molar-refractivity contribution >= 4 is 12.0 Å². The molecule has 4 fully saturated rings. The number of nitrogens with one attached hydrogen (secondary N) is 1. The van der Waals surface area contributed by atoms with E-state index in [-0.39, 0.29) is 6.84 Å². The maximum Gasteiger partial charge on any atom is 0.156 e. The molecule has 0 aromatic rings. The molecule has 0 saturated heterocycles. The van der Waals surface area contributed by atoms with Gasteiger partial charge in [-0.15, -0.1) is 0 Å². The third kappa shape index (κ3) is 2.37.